The van der Waals surface area contributed by atoms with E-state index in [0.717, 1.165) is 0 Å². The molecule has 1 unspecified atom stereocenters. The third-order valence-corrected chi connectivity index (χ3v) is 3.41. The minimum atomic E-state index is -0.838. The van der Waals surface area contributed by atoms with Crippen LogP contribution in [0.25, 0.3) is 0 Å². The van der Waals surface area contributed by atoms with Gasteiger partial charge in [-0.05, 0) is 38.1 Å². The van der Waals surface area contributed by atoms with Gasteiger partial charge in [-0.15, -0.1) is 0 Å². The van der Waals surface area contributed by atoms with Crippen molar-refractivity contribution in [1.29, 1.82) is 0 Å². The van der Waals surface area contributed by atoms with Crippen LogP contribution in [0.4, 0.5) is 5.69 Å². The van der Waals surface area contributed by atoms with Gasteiger partial charge in [0.1, 0.15) is 35.6 Å². The van der Waals surface area contributed by atoms with Crippen LogP contribution in [0.2, 0.25) is 0 Å². The molecule has 0 aliphatic rings. The molecule has 124 valence electrons. The molecule has 8 heteroatoms. The number of ether oxygens (including phenoxy) is 2. The van der Waals surface area contributed by atoms with Gasteiger partial charge in [-0.2, -0.15) is 5.10 Å². The average Bonchev–Trinajstić information content (AvgIpc) is 2.79. The molecule has 0 aliphatic carbocycles. The van der Waals surface area contributed by atoms with Gasteiger partial charge in [0.25, 0.3) is 0 Å². The fourth-order valence-corrected chi connectivity index (χ4v) is 2.25. The second-order valence-corrected chi connectivity index (χ2v) is 5.10. The summed E-state index contributed by atoms with van der Waals surface area (Å²) in [6.07, 6.45) is -0.838. The Hall–Kier alpha value is -2.61. The maximum Gasteiger partial charge on any atom is 0.312 e. The maximum absolute atomic E-state index is 11.0. The van der Waals surface area contributed by atoms with E-state index in [9.17, 15) is 15.2 Å². The summed E-state index contributed by atoms with van der Waals surface area (Å²) in [7, 11) is 1.58. The second kappa shape index (κ2) is 7.10. The Bertz CT molecular complexity index is 681. The van der Waals surface area contributed by atoms with E-state index >= 15 is 0 Å². The molecule has 2 aromatic rings. The summed E-state index contributed by atoms with van der Waals surface area (Å²) >= 11 is 0. The highest BCUT2D eigenvalue weighted by Gasteiger charge is 2.22. The van der Waals surface area contributed by atoms with E-state index in [1.165, 1.54) is 4.68 Å². The first kappa shape index (κ1) is 16.8. The van der Waals surface area contributed by atoms with Gasteiger partial charge < -0.3 is 14.6 Å². The highest BCUT2D eigenvalue weighted by Crippen LogP contribution is 2.22. The molecule has 1 atom stereocenters. The average molecular weight is 321 g/mol. The number of aromatic nitrogens is 2. The van der Waals surface area contributed by atoms with Crippen molar-refractivity contribution < 1.29 is 19.5 Å². The lowest BCUT2D eigenvalue weighted by Gasteiger charge is -2.13. The normalized spacial score (nSPS) is 12.0. The molecule has 1 N–H and O–H groups in total. The SMILES string of the molecule is COc1ccc(OCC(O)Cn2nc(C)c([N+](=O)[O-])c2C)cc1. The van der Waals surface area contributed by atoms with Crippen LogP contribution in [0.15, 0.2) is 24.3 Å². The van der Waals surface area contributed by atoms with Gasteiger partial charge in [0.2, 0.25) is 0 Å². The van der Waals surface area contributed by atoms with Crippen LogP contribution in [-0.4, -0.2) is 39.6 Å². The van der Waals surface area contributed by atoms with Crippen molar-refractivity contribution in [2.45, 2.75) is 26.5 Å². The second-order valence-electron chi connectivity index (χ2n) is 5.10. The first-order chi connectivity index (χ1) is 10.9. The van der Waals surface area contributed by atoms with Crippen LogP contribution in [0, 0.1) is 24.0 Å². The van der Waals surface area contributed by atoms with Crippen molar-refractivity contribution in [1.82, 2.24) is 9.78 Å². The monoisotopic (exact) mass is 321 g/mol. The predicted octanol–water partition coefficient (Wildman–Crippen LogP) is 1.86. The number of rotatable bonds is 7. The molecular weight excluding hydrogens is 302 g/mol. The Morgan fingerprint density at radius 1 is 1.30 bits per heavy atom. The Morgan fingerprint density at radius 3 is 2.43 bits per heavy atom. The number of hydrogen-bond acceptors (Lipinski definition) is 6. The minimum Gasteiger partial charge on any atom is -0.497 e. The number of hydrogen-bond donors (Lipinski definition) is 1. The van der Waals surface area contributed by atoms with Gasteiger partial charge in [0, 0.05) is 0 Å². The zero-order valence-electron chi connectivity index (χ0n) is 13.2. The quantitative estimate of drug-likeness (QED) is 0.617. The van der Waals surface area contributed by atoms with E-state index < -0.39 is 11.0 Å². The van der Waals surface area contributed by atoms with Crippen LogP contribution < -0.4 is 9.47 Å². The van der Waals surface area contributed by atoms with Gasteiger partial charge in [-0.25, -0.2) is 0 Å². The summed E-state index contributed by atoms with van der Waals surface area (Å²) in [5, 5.41) is 25.1. The largest absolute Gasteiger partial charge is 0.497 e. The lowest BCUT2D eigenvalue weighted by molar-refractivity contribution is -0.386. The smallest absolute Gasteiger partial charge is 0.312 e. The third-order valence-electron chi connectivity index (χ3n) is 3.41. The van der Waals surface area contributed by atoms with E-state index in [-0.39, 0.29) is 18.8 Å². The lowest BCUT2D eigenvalue weighted by Crippen LogP contribution is -2.24. The molecule has 2 rings (SSSR count). The molecule has 0 bridgehead atoms. The molecular formula is C15H19N3O5. The van der Waals surface area contributed by atoms with Gasteiger partial charge in [0.15, 0.2) is 0 Å². The number of nitrogens with zero attached hydrogens (tertiary/aromatic N) is 3. The van der Waals surface area contributed by atoms with Crippen LogP contribution >= 0.6 is 0 Å². The lowest BCUT2D eigenvalue weighted by atomic mass is 10.3. The molecule has 1 aromatic heterocycles. The zero-order chi connectivity index (χ0) is 17.0. The predicted molar refractivity (Wildman–Crippen MR) is 82.9 cm³/mol. The Balaban J connectivity index is 1.95. The summed E-state index contributed by atoms with van der Waals surface area (Å²) in [6, 6.07) is 6.98. The summed E-state index contributed by atoms with van der Waals surface area (Å²) in [6.45, 7) is 3.35. The highest BCUT2D eigenvalue weighted by molar-refractivity contribution is 5.39. The van der Waals surface area contributed by atoms with Gasteiger partial charge in [0.05, 0.1) is 18.6 Å². The molecule has 0 aliphatic heterocycles. The number of aryl methyl sites for hydroxylation is 1. The van der Waals surface area contributed by atoms with E-state index in [4.69, 9.17) is 9.47 Å². The molecule has 8 nitrogen and oxygen atoms in total. The topological polar surface area (TPSA) is 99.7 Å². The number of benzene rings is 1. The number of nitro groups is 1. The van der Waals surface area contributed by atoms with Crippen LogP contribution in [0.1, 0.15) is 11.4 Å². The van der Waals surface area contributed by atoms with Crippen molar-refractivity contribution in [2.75, 3.05) is 13.7 Å². The van der Waals surface area contributed by atoms with Crippen molar-refractivity contribution in [3.8, 4) is 11.5 Å². The fourth-order valence-electron chi connectivity index (χ4n) is 2.25. The molecule has 0 radical (unpaired) electrons. The summed E-state index contributed by atoms with van der Waals surface area (Å²) in [5.74, 6) is 1.32. The van der Waals surface area contributed by atoms with Crippen molar-refractivity contribution in [2.24, 2.45) is 0 Å². The molecule has 0 saturated heterocycles. The molecule has 1 heterocycles. The van der Waals surface area contributed by atoms with Crippen molar-refractivity contribution >= 4 is 5.69 Å². The van der Waals surface area contributed by atoms with E-state index in [2.05, 4.69) is 5.10 Å². The molecule has 23 heavy (non-hydrogen) atoms. The van der Waals surface area contributed by atoms with E-state index in [0.29, 0.717) is 22.9 Å². The summed E-state index contributed by atoms with van der Waals surface area (Å²) in [5.41, 5.74) is 0.722. The Kier molecular flexibility index (Phi) is 5.17. The van der Waals surface area contributed by atoms with Crippen LogP contribution in [-0.2, 0) is 6.54 Å². The van der Waals surface area contributed by atoms with Gasteiger partial charge >= 0.3 is 5.69 Å². The van der Waals surface area contributed by atoms with Gasteiger partial charge in [-0.1, -0.05) is 0 Å². The fraction of sp³-hybridized carbons (Fsp3) is 0.400. The standard InChI is InChI=1S/C15H19N3O5/c1-10-15(18(20)21)11(2)17(16-10)8-12(19)9-23-14-6-4-13(22-3)5-7-14/h4-7,12,19H,8-9H2,1-3H3. The minimum absolute atomic E-state index is 0.0201. The molecule has 1 aromatic carbocycles. The molecule has 0 amide bonds. The Morgan fingerprint density at radius 2 is 1.91 bits per heavy atom. The van der Waals surface area contributed by atoms with Gasteiger partial charge in [-0.3, -0.25) is 14.8 Å². The summed E-state index contributed by atoms with van der Waals surface area (Å²) in [4.78, 5) is 10.5. The van der Waals surface area contributed by atoms with Crippen LogP contribution in [0.5, 0.6) is 11.5 Å². The first-order valence-corrected chi connectivity index (χ1v) is 7.05. The zero-order valence-corrected chi connectivity index (χ0v) is 13.2. The van der Waals surface area contributed by atoms with Crippen molar-refractivity contribution in [3.05, 3.63) is 45.8 Å². The number of aliphatic hydroxyl groups is 1. The first-order valence-electron chi connectivity index (χ1n) is 7.05. The van der Waals surface area contributed by atoms with Crippen molar-refractivity contribution in [3.63, 3.8) is 0 Å². The Labute approximate surface area is 133 Å². The van der Waals surface area contributed by atoms with E-state index in [1.54, 1.807) is 45.2 Å². The highest BCUT2D eigenvalue weighted by atomic mass is 16.6. The van der Waals surface area contributed by atoms with Crippen LogP contribution in [0.3, 0.4) is 0 Å². The number of aliphatic hydroxyl groups excluding tert-OH is 1. The number of methoxy groups -OCH3 is 1. The molecule has 0 spiro atoms. The molecule has 0 saturated carbocycles. The maximum atomic E-state index is 11.0. The van der Waals surface area contributed by atoms with E-state index in [1.807, 2.05) is 0 Å². The summed E-state index contributed by atoms with van der Waals surface area (Å²) < 4.78 is 12.0. The molecule has 0 fully saturated rings. The third kappa shape index (κ3) is 3.98.